The van der Waals surface area contributed by atoms with E-state index in [4.69, 9.17) is 5.26 Å². The second-order valence-electron chi connectivity index (χ2n) is 3.43. The molecule has 1 nitrogen and oxygen atoms in total. The third-order valence-electron chi connectivity index (χ3n) is 2.62. The molecular formula is C10H15N. The van der Waals surface area contributed by atoms with Crippen molar-refractivity contribution in [3.63, 3.8) is 0 Å². The van der Waals surface area contributed by atoms with Gasteiger partial charge in [0.1, 0.15) is 0 Å². The van der Waals surface area contributed by atoms with Gasteiger partial charge in [0.05, 0.1) is 11.5 Å². The molecule has 11 heavy (non-hydrogen) atoms. The van der Waals surface area contributed by atoms with E-state index in [9.17, 15) is 0 Å². The van der Waals surface area contributed by atoms with Gasteiger partial charge < -0.3 is 0 Å². The van der Waals surface area contributed by atoms with E-state index >= 15 is 0 Å². The van der Waals surface area contributed by atoms with Gasteiger partial charge in [0, 0.05) is 0 Å². The maximum absolute atomic E-state index is 8.96. The number of nitriles is 1. The molecule has 1 aliphatic carbocycles. The molecule has 0 atom stereocenters. The Morgan fingerprint density at radius 1 is 1.45 bits per heavy atom. The minimum Gasteiger partial charge on any atom is -0.198 e. The summed E-state index contributed by atoms with van der Waals surface area (Å²) in [5, 5.41) is 8.96. The van der Waals surface area contributed by atoms with Crippen LogP contribution in [0.25, 0.3) is 0 Å². The van der Waals surface area contributed by atoms with Crippen molar-refractivity contribution in [2.24, 2.45) is 5.41 Å². The second-order valence-corrected chi connectivity index (χ2v) is 3.43. The molecule has 0 unspecified atom stereocenters. The van der Waals surface area contributed by atoms with E-state index in [0.717, 1.165) is 25.7 Å². The van der Waals surface area contributed by atoms with E-state index in [-0.39, 0.29) is 5.41 Å². The summed E-state index contributed by atoms with van der Waals surface area (Å²) in [5.41, 5.74) is 0.0220. The van der Waals surface area contributed by atoms with Crippen LogP contribution in [0.2, 0.25) is 0 Å². The maximum Gasteiger partial charge on any atom is 0.0689 e. The predicted octanol–water partition coefficient (Wildman–Crippen LogP) is 3.04. The molecule has 1 saturated carbocycles. The summed E-state index contributed by atoms with van der Waals surface area (Å²) >= 11 is 0. The fourth-order valence-electron chi connectivity index (χ4n) is 1.85. The molecule has 0 aromatic carbocycles. The number of allylic oxidation sites excluding steroid dienone is 1. The minimum absolute atomic E-state index is 0.0220. The number of nitrogens with zero attached hydrogens (tertiary/aromatic N) is 1. The van der Waals surface area contributed by atoms with Crippen LogP contribution in [0.5, 0.6) is 0 Å². The van der Waals surface area contributed by atoms with Crippen molar-refractivity contribution < 1.29 is 0 Å². The molecule has 60 valence electrons. The molecule has 0 aromatic rings. The van der Waals surface area contributed by atoms with Gasteiger partial charge in [0.15, 0.2) is 0 Å². The highest BCUT2D eigenvalue weighted by Gasteiger charge is 2.32. The Kier molecular flexibility index (Phi) is 2.70. The second kappa shape index (κ2) is 3.57. The van der Waals surface area contributed by atoms with Crippen LogP contribution in [0.3, 0.4) is 0 Å². The molecule has 0 aromatic heterocycles. The Labute approximate surface area is 68.7 Å². The predicted molar refractivity (Wildman–Crippen MR) is 45.9 cm³/mol. The fourth-order valence-corrected chi connectivity index (χ4v) is 1.85. The molecule has 0 N–H and O–H groups in total. The van der Waals surface area contributed by atoms with E-state index in [2.05, 4.69) is 12.6 Å². The van der Waals surface area contributed by atoms with E-state index in [1.165, 1.54) is 12.8 Å². The van der Waals surface area contributed by atoms with Crippen molar-refractivity contribution in [2.75, 3.05) is 0 Å². The lowest BCUT2D eigenvalue weighted by Gasteiger charge is -2.18. The Morgan fingerprint density at radius 3 is 2.55 bits per heavy atom. The van der Waals surface area contributed by atoms with Crippen LogP contribution in [0, 0.1) is 16.7 Å². The largest absolute Gasteiger partial charge is 0.198 e. The minimum atomic E-state index is 0.0220. The maximum atomic E-state index is 8.96. The van der Waals surface area contributed by atoms with E-state index in [0.29, 0.717) is 0 Å². The number of hydrogen-bond acceptors (Lipinski definition) is 1. The Morgan fingerprint density at radius 2 is 2.09 bits per heavy atom. The topological polar surface area (TPSA) is 23.8 Å². The van der Waals surface area contributed by atoms with Gasteiger partial charge in [-0.1, -0.05) is 18.9 Å². The van der Waals surface area contributed by atoms with Crippen LogP contribution in [0.4, 0.5) is 0 Å². The Hall–Kier alpha value is -0.770. The van der Waals surface area contributed by atoms with Gasteiger partial charge in [-0.2, -0.15) is 5.26 Å². The quantitative estimate of drug-likeness (QED) is 0.566. The van der Waals surface area contributed by atoms with Crippen molar-refractivity contribution in [3.8, 4) is 6.07 Å². The summed E-state index contributed by atoms with van der Waals surface area (Å²) in [7, 11) is 0. The first kappa shape index (κ1) is 8.33. The lowest BCUT2D eigenvalue weighted by atomic mass is 9.83. The summed E-state index contributed by atoms with van der Waals surface area (Å²) in [6.45, 7) is 3.68. The number of rotatable bonds is 3. The van der Waals surface area contributed by atoms with Crippen molar-refractivity contribution >= 4 is 0 Å². The highest BCUT2D eigenvalue weighted by molar-refractivity contribution is 5.02. The summed E-state index contributed by atoms with van der Waals surface area (Å²) < 4.78 is 0. The molecule has 0 spiro atoms. The molecule has 1 aliphatic rings. The molecule has 0 amide bonds. The van der Waals surface area contributed by atoms with Crippen molar-refractivity contribution in [1.82, 2.24) is 0 Å². The van der Waals surface area contributed by atoms with Gasteiger partial charge in [0.2, 0.25) is 0 Å². The molecule has 0 saturated heterocycles. The van der Waals surface area contributed by atoms with Gasteiger partial charge >= 0.3 is 0 Å². The lowest BCUT2D eigenvalue weighted by Crippen LogP contribution is -2.12. The van der Waals surface area contributed by atoms with Gasteiger partial charge in [-0.05, 0) is 25.7 Å². The Balaban J connectivity index is 2.47. The Bertz CT molecular complexity index is 170. The third kappa shape index (κ3) is 1.83. The zero-order valence-corrected chi connectivity index (χ0v) is 6.97. The number of hydrogen-bond donors (Lipinski definition) is 0. The normalized spacial score (nSPS) is 21.0. The van der Waals surface area contributed by atoms with Crippen molar-refractivity contribution in [2.45, 2.75) is 38.5 Å². The third-order valence-corrected chi connectivity index (χ3v) is 2.62. The van der Waals surface area contributed by atoms with Crippen molar-refractivity contribution in [1.29, 1.82) is 5.26 Å². The summed E-state index contributed by atoms with van der Waals surface area (Å²) in [6, 6.07) is 2.46. The van der Waals surface area contributed by atoms with Gasteiger partial charge in [-0.3, -0.25) is 0 Å². The van der Waals surface area contributed by atoms with Crippen LogP contribution in [-0.2, 0) is 0 Å². The average Bonchev–Trinajstić information content (AvgIpc) is 2.50. The molecule has 0 heterocycles. The summed E-state index contributed by atoms with van der Waals surface area (Å²) in [5.74, 6) is 0. The summed E-state index contributed by atoms with van der Waals surface area (Å²) in [6.07, 6.45) is 8.63. The lowest BCUT2D eigenvalue weighted by molar-refractivity contribution is 0.380. The van der Waals surface area contributed by atoms with Gasteiger partial charge in [-0.15, -0.1) is 6.58 Å². The smallest absolute Gasteiger partial charge is 0.0689 e. The molecule has 1 fully saturated rings. The zero-order chi connectivity index (χ0) is 8.16. The molecule has 0 aliphatic heterocycles. The van der Waals surface area contributed by atoms with Crippen LogP contribution in [-0.4, -0.2) is 0 Å². The monoisotopic (exact) mass is 149 g/mol. The van der Waals surface area contributed by atoms with Crippen LogP contribution >= 0.6 is 0 Å². The first-order valence-corrected chi connectivity index (χ1v) is 4.35. The van der Waals surface area contributed by atoms with E-state index in [1.807, 2.05) is 6.08 Å². The molecule has 0 radical (unpaired) electrons. The van der Waals surface area contributed by atoms with Crippen LogP contribution in [0.15, 0.2) is 12.7 Å². The molecule has 1 rings (SSSR count). The molecule has 0 bridgehead atoms. The van der Waals surface area contributed by atoms with Crippen molar-refractivity contribution in [3.05, 3.63) is 12.7 Å². The molecule has 1 heteroatoms. The zero-order valence-electron chi connectivity index (χ0n) is 6.97. The highest BCUT2D eigenvalue weighted by atomic mass is 14.4. The first-order chi connectivity index (χ1) is 5.33. The SMILES string of the molecule is C=CCCC1(C#N)CCCC1. The van der Waals surface area contributed by atoms with E-state index < -0.39 is 0 Å². The average molecular weight is 149 g/mol. The van der Waals surface area contributed by atoms with Crippen LogP contribution < -0.4 is 0 Å². The standard InChI is InChI=1S/C10H15N/c1-2-3-6-10(9-11)7-4-5-8-10/h2H,1,3-8H2. The highest BCUT2D eigenvalue weighted by Crippen LogP contribution is 2.41. The van der Waals surface area contributed by atoms with E-state index in [1.54, 1.807) is 0 Å². The summed E-state index contributed by atoms with van der Waals surface area (Å²) in [4.78, 5) is 0. The van der Waals surface area contributed by atoms with Crippen LogP contribution in [0.1, 0.15) is 38.5 Å². The first-order valence-electron chi connectivity index (χ1n) is 4.35. The van der Waals surface area contributed by atoms with Gasteiger partial charge in [0.25, 0.3) is 0 Å². The molecular weight excluding hydrogens is 134 g/mol. The van der Waals surface area contributed by atoms with Gasteiger partial charge in [-0.25, -0.2) is 0 Å². The fraction of sp³-hybridized carbons (Fsp3) is 0.700.